The monoisotopic (exact) mass is 447 g/mol. The molecule has 2 rings (SSSR count). The number of nitro groups is 1. The van der Waals surface area contributed by atoms with Crippen molar-refractivity contribution in [3.8, 4) is 5.75 Å². The maximum absolute atomic E-state index is 12.8. The van der Waals surface area contributed by atoms with Crippen LogP contribution in [0.15, 0.2) is 47.4 Å². The lowest BCUT2D eigenvalue weighted by Gasteiger charge is -2.26. The second kappa shape index (κ2) is 8.88. The van der Waals surface area contributed by atoms with Crippen molar-refractivity contribution in [1.82, 2.24) is 4.90 Å². The van der Waals surface area contributed by atoms with Gasteiger partial charge >= 0.3 is 5.51 Å². The van der Waals surface area contributed by atoms with Crippen LogP contribution < -0.4 is 10.1 Å². The molecule has 12 heteroatoms. The molecule has 0 spiro atoms. The number of nitrogens with one attached hydrogen (secondary N) is 1. The molecule has 0 amide bonds. The van der Waals surface area contributed by atoms with Crippen LogP contribution in [-0.4, -0.2) is 51.5 Å². The first-order chi connectivity index (χ1) is 13.9. The number of ether oxygens (including phenoxy) is 1. The second-order valence-electron chi connectivity index (χ2n) is 6.52. The van der Waals surface area contributed by atoms with Gasteiger partial charge < -0.3 is 15.0 Å². The second-order valence-corrected chi connectivity index (χ2v) is 8.46. The summed E-state index contributed by atoms with van der Waals surface area (Å²) in [6, 6.07) is 8.95. The number of benzene rings is 2. The molecule has 0 aromatic heterocycles. The fourth-order valence-corrected chi connectivity index (χ4v) is 3.55. The summed E-state index contributed by atoms with van der Waals surface area (Å²) in [5.41, 5.74) is -5.59. The van der Waals surface area contributed by atoms with E-state index in [-0.39, 0.29) is 18.3 Å². The Morgan fingerprint density at radius 3 is 2.40 bits per heavy atom. The molecule has 0 aliphatic heterocycles. The summed E-state index contributed by atoms with van der Waals surface area (Å²) in [7, 11) is -0.601. The molecule has 0 saturated carbocycles. The predicted molar refractivity (Wildman–Crippen MR) is 104 cm³/mol. The first-order valence-corrected chi connectivity index (χ1v) is 10.0. The normalized spacial score (nSPS) is 13.2. The number of halogens is 3. The average Bonchev–Trinajstić information content (AvgIpc) is 2.67. The fraction of sp³-hybridized carbons (Fsp3) is 0.333. The summed E-state index contributed by atoms with van der Waals surface area (Å²) in [5.74, 6) is 0.618. The topological polar surface area (TPSA) is 102 Å². The molecule has 0 bridgehead atoms. The van der Waals surface area contributed by atoms with Crippen LogP contribution in [0.4, 0.5) is 24.5 Å². The zero-order valence-electron chi connectivity index (χ0n) is 16.3. The number of nitrogens with zero attached hydrogens (tertiary/aromatic N) is 2. The van der Waals surface area contributed by atoms with Gasteiger partial charge in [-0.3, -0.25) is 10.1 Å². The first kappa shape index (κ1) is 23.4. The molecule has 0 saturated heterocycles. The van der Waals surface area contributed by atoms with Gasteiger partial charge in [0.15, 0.2) is 0 Å². The van der Waals surface area contributed by atoms with Gasteiger partial charge in [-0.05, 0) is 43.9 Å². The predicted octanol–water partition coefficient (Wildman–Crippen LogP) is 3.61. The van der Waals surface area contributed by atoms with Gasteiger partial charge in [0.05, 0.1) is 23.0 Å². The summed E-state index contributed by atoms with van der Waals surface area (Å²) in [4.78, 5) is 11.1. The number of hydrogen-bond acceptors (Lipinski definition) is 7. The molecule has 1 N–H and O–H groups in total. The van der Waals surface area contributed by atoms with Crippen LogP contribution in [0.2, 0.25) is 0 Å². The molecule has 164 valence electrons. The summed E-state index contributed by atoms with van der Waals surface area (Å²) < 4.78 is 66.6. The van der Waals surface area contributed by atoms with Crippen molar-refractivity contribution >= 4 is 21.2 Å². The molecular weight excluding hydrogens is 427 g/mol. The minimum Gasteiger partial charge on any atom is -0.497 e. The van der Waals surface area contributed by atoms with Gasteiger partial charge in [0.25, 0.3) is 15.5 Å². The molecule has 1 atom stereocenters. The third kappa shape index (κ3) is 5.00. The maximum Gasteiger partial charge on any atom is 0.501 e. The van der Waals surface area contributed by atoms with Gasteiger partial charge in [0.1, 0.15) is 11.4 Å². The Kier molecular flexibility index (Phi) is 6.93. The van der Waals surface area contributed by atoms with Crippen molar-refractivity contribution in [1.29, 1.82) is 0 Å². The van der Waals surface area contributed by atoms with E-state index in [0.717, 1.165) is 11.6 Å². The lowest BCUT2D eigenvalue weighted by Crippen LogP contribution is -2.27. The van der Waals surface area contributed by atoms with Gasteiger partial charge in [-0.15, -0.1) is 0 Å². The van der Waals surface area contributed by atoms with E-state index in [4.69, 9.17) is 4.74 Å². The molecule has 0 heterocycles. The number of methoxy groups -OCH3 is 1. The Hall–Kier alpha value is -2.86. The standard InChI is InChI=1S/C18H20F3N3O5S/c1-23(2)17(12-5-4-6-13(9-12)29-3)11-22-15-8-7-14(10-16(15)24(25)26)30(27,28)18(19,20)21/h4-10,17,22H,11H2,1-3H3. The minimum atomic E-state index is -5.70. The van der Waals surface area contributed by atoms with Crippen LogP contribution in [0.5, 0.6) is 5.75 Å². The molecule has 0 radical (unpaired) electrons. The Morgan fingerprint density at radius 2 is 1.87 bits per heavy atom. The largest absolute Gasteiger partial charge is 0.501 e. The number of anilines is 1. The smallest absolute Gasteiger partial charge is 0.497 e. The van der Waals surface area contributed by atoms with Crippen LogP contribution in [0.3, 0.4) is 0 Å². The van der Waals surface area contributed by atoms with Crippen LogP contribution in [0.1, 0.15) is 11.6 Å². The number of rotatable bonds is 8. The molecule has 2 aromatic rings. The van der Waals surface area contributed by atoms with E-state index in [9.17, 15) is 31.7 Å². The molecule has 2 aromatic carbocycles. The van der Waals surface area contributed by atoms with E-state index < -0.39 is 30.9 Å². The van der Waals surface area contributed by atoms with E-state index >= 15 is 0 Å². The van der Waals surface area contributed by atoms with Crippen LogP contribution in [-0.2, 0) is 9.84 Å². The SMILES string of the molecule is COc1cccc(C(CNc2ccc(S(=O)(=O)C(F)(F)F)cc2[N+](=O)[O-])N(C)C)c1. The average molecular weight is 447 g/mol. The highest BCUT2D eigenvalue weighted by Gasteiger charge is 2.47. The molecule has 0 fully saturated rings. The van der Waals surface area contributed by atoms with E-state index in [0.29, 0.717) is 17.9 Å². The quantitative estimate of drug-likeness (QED) is 0.487. The third-order valence-electron chi connectivity index (χ3n) is 4.37. The summed E-state index contributed by atoms with van der Waals surface area (Å²) >= 11 is 0. The van der Waals surface area contributed by atoms with Crippen LogP contribution in [0.25, 0.3) is 0 Å². The number of likely N-dealkylation sites (N-methyl/N-ethyl adjacent to an activating group) is 1. The van der Waals surface area contributed by atoms with E-state index in [2.05, 4.69) is 5.32 Å². The summed E-state index contributed by atoms with van der Waals surface area (Å²) in [6.07, 6.45) is 0. The zero-order valence-corrected chi connectivity index (χ0v) is 17.1. The molecule has 1 unspecified atom stereocenters. The number of nitro benzene ring substituents is 1. The van der Waals surface area contributed by atoms with Crippen molar-refractivity contribution in [3.63, 3.8) is 0 Å². The maximum atomic E-state index is 12.8. The Labute approximate surface area is 171 Å². The van der Waals surface area contributed by atoms with Gasteiger partial charge in [0, 0.05) is 12.6 Å². The minimum absolute atomic E-state index is 0.101. The van der Waals surface area contributed by atoms with E-state index in [1.807, 2.05) is 11.0 Å². The molecule has 30 heavy (non-hydrogen) atoms. The number of sulfone groups is 1. The molecule has 0 aliphatic carbocycles. The van der Waals surface area contributed by atoms with Gasteiger partial charge in [-0.1, -0.05) is 12.1 Å². The van der Waals surface area contributed by atoms with Crippen molar-refractivity contribution in [2.24, 2.45) is 0 Å². The van der Waals surface area contributed by atoms with Crippen molar-refractivity contribution < 1.29 is 31.2 Å². The molecule has 8 nitrogen and oxygen atoms in total. The molecule has 0 aliphatic rings. The lowest BCUT2D eigenvalue weighted by molar-refractivity contribution is -0.384. The highest BCUT2D eigenvalue weighted by molar-refractivity contribution is 7.92. The van der Waals surface area contributed by atoms with Crippen LogP contribution in [0, 0.1) is 10.1 Å². The van der Waals surface area contributed by atoms with Gasteiger partial charge in [0.2, 0.25) is 0 Å². The highest BCUT2D eigenvalue weighted by atomic mass is 32.2. The third-order valence-corrected chi connectivity index (χ3v) is 5.85. The summed E-state index contributed by atoms with van der Waals surface area (Å²) in [5, 5.41) is 14.2. The number of hydrogen-bond donors (Lipinski definition) is 1. The van der Waals surface area contributed by atoms with Crippen LogP contribution >= 0.6 is 0 Å². The summed E-state index contributed by atoms with van der Waals surface area (Å²) in [6.45, 7) is 0.159. The van der Waals surface area contributed by atoms with Gasteiger partial charge in [-0.25, -0.2) is 8.42 Å². The molecular formula is C18H20F3N3O5S. The van der Waals surface area contributed by atoms with E-state index in [1.54, 1.807) is 32.3 Å². The lowest BCUT2D eigenvalue weighted by atomic mass is 10.1. The first-order valence-electron chi connectivity index (χ1n) is 8.52. The zero-order chi connectivity index (χ0) is 22.7. The Bertz CT molecular complexity index is 1030. The Morgan fingerprint density at radius 1 is 1.20 bits per heavy atom. The Balaban J connectivity index is 2.36. The highest BCUT2D eigenvalue weighted by Crippen LogP contribution is 2.35. The fourth-order valence-electron chi connectivity index (χ4n) is 2.77. The van der Waals surface area contributed by atoms with Gasteiger partial charge in [-0.2, -0.15) is 13.2 Å². The van der Waals surface area contributed by atoms with Crippen molar-refractivity contribution in [3.05, 3.63) is 58.1 Å². The van der Waals surface area contributed by atoms with Crippen molar-refractivity contribution in [2.45, 2.75) is 16.4 Å². The van der Waals surface area contributed by atoms with Crippen molar-refractivity contribution in [2.75, 3.05) is 33.1 Å². The van der Waals surface area contributed by atoms with E-state index in [1.165, 1.54) is 7.11 Å². The number of alkyl halides is 3.